The summed E-state index contributed by atoms with van der Waals surface area (Å²) < 4.78 is 11.7. The lowest BCUT2D eigenvalue weighted by Crippen LogP contribution is -2.59. The number of urea groups is 1. The highest BCUT2D eigenvalue weighted by Crippen LogP contribution is 2.31. The highest BCUT2D eigenvalue weighted by atomic mass is 16.5. The second-order valence-corrected chi connectivity index (χ2v) is 8.02. The molecule has 2 aliphatic heterocycles. The van der Waals surface area contributed by atoms with Crippen LogP contribution in [0, 0.1) is 5.92 Å². The quantitative estimate of drug-likeness (QED) is 0.892. The van der Waals surface area contributed by atoms with Gasteiger partial charge < -0.3 is 14.4 Å². The molecule has 1 N–H and O–H groups in total. The zero-order valence-corrected chi connectivity index (χ0v) is 16.2. The Morgan fingerprint density at radius 2 is 2.15 bits per heavy atom. The second kappa shape index (κ2) is 8.35. The van der Waals surface area contributed by atoms with Crippen molar-refractivity contribution in [2.45, 2.75) is 58.2 Å². The van der Waals surface area contributed by atoms with E-state index in [-0.39, 0.29) is 17.7 Å². The average molecular weight is 361 g/mol. The van der Waals surface area contributed by atoms with Crippen molar-refractivity contribution in [2.75, 3.05) is 31.6 Å². The van der Waals surface area contributed by atoms with Crippen molar-refractivity contribution < 1.29 is 14.3 Å². The Bertz CT molecular complexity index is 597. The summed E-state index contributed by atoms with van der Waals surface area (Å²) in [5.74, 6) is 1.28. The highest BCUT2D eigenvalue weighted by molar-refractivity contribution is 5.88. The van der Waals surface area contributed by atoms with E-state index >= 15 is 0 Å². The largest absolute Gasteiger partial charge is 0.381 e. The van der Waals surface area contributed by atoms with Gasteiger partial charge in [-0.3, -0.25) is 5.32 Å². The molecule has 1 atom stereocenters. The number of nitrogens with zero attached hydrogens (tertiary/aromatic N) is 2. The van der Waals surface area contributed by atoms with E-state index < -0.39 is 0 Å². The van der Waals surface area contributed by atoms with Crippen molar-refractivity contribution in [3.05, 3.63) is 23.9 Å². The SMILES string of the molecule is CC(C)CCc1ccc(NC(=O)N2CC(C)OC3(CCOCC3)C2)nc1. The zero-order chi connectivity index (χ0) is 18.6. The number of hydrogen-bond donors (Lipinski definition) is 1. The first-order chi connectivity index (χ1) is 12.5. The first-order valence-electron chi connectivity index (χ1n) is 9.72. The van der Waals surface area contributed by atoms with Crippen LogP contribution in [0.15, 0.2) is 18.3 Å². The predicted molar refractivity (Wildman–Crippen MR) is 101 cm³/mol. The molecular formula is C20H31N3O3. The van der Waals surface area contributed by atoms with Crippen LogP contribution < -0.4 is 5.32 Å². The summed E-state index contributed by atoms with van der Waals surface area (Å²) in [5.41, 5.74) is 0.944. The molecular weight excluding hydrogens is 330 g/mol. The minimum atomic E-state index is -0.263. The van der Waals surface area contributed by atoms with Crippen molar-refractivity contribution in [3.8, 4) is 0 Å². The minimum Gasteiger partial charge on any atom is -0.381 e. The third-order valence-corrected chi connectivity index (χ3v) is 5.17. The fourth-order valence-electron chi connectivity index (χ4n) is 3.69. The van der Waals surface area contributed by atoms with E-state index in [1.807, 2.05) is 30.2 Å². The number of carbonyl (C=O) groups excluding carboxylic acids is 1. The van der Waals surface area contributed by atoms with Gasteiger partial charge in [-0.1, -0.05) is 19.9 Å². The summed E-state index contributed by atoms with van der Waals surface area (Å²) in [6.07, 6.45) is 5.72. The lowest BCUT2D eigenvalue weighted by atomic mass is 9.91. The normalized spacial score (nSPS) is 22.6. The maximum Gasteiger partial charge on any atom is 0.323 e. The molecule has 144 valence electrons. The maximum absolute atomic E-state index is 12.7. The van der Waals surface area contributed by atoms with Crippen LogP contribution in [-0.4, -0.2) is 53.9 Å². The van der Waals surface area contributed by atoms with Gasteiger partial charge in [0.25, 0.3) is 0 Å². The Morgan fingerprint density at radius 3 is 2.81 bits per heavy atom. The van der Waals surface area contributed by atoms with Gasteiger partial charge >= 0.3 is 6.03 Å². The number of hydrogen-bond acceptors (Lipinski definition) is 4. The molecule has 3 heterocycles. The Morgan fingerprint density at radius 1 is 1.38 bits per heavy atom. The molecule has 0 bridgehead atoms. The Kier molecular flexibility index (Phi) is 6.14. The number of nitrogens with one attached hydrogen (secondary N) is 1. The standard InChI is InChI=1S/C20H31N3O3/c1-15(2)4-5-17-6-7-18(21-12-17)22-19(24)23-13-16(3)26-20(14-23)8-10-25-11-9-20/h6-7,12,15-16H,4-5,8-11,13-14H2,1-3H3,(H,21,22,24). The maximum atomic E-state index is 12.7. The molecule has 0 saturated carbocycles. The highest BCUT2D eigenvalue weighted by Gasteiger charge is 2.42. The van der Waals surface area contributed by atoms with Gasteiger partial charge in [-0.05, 0) is 37.3 Å². The summed E-state index contributed by atoms with van der Waals surface area (Å²) in [7, 11) is 0. The van der Waals surface area contributed by atoms with Gasteiger partial charge in [-0.2, -0.15) is 0 Å². The van der Waals surface area contributed by atoms with Crippen molar-refractivity contribution >= 4 is 11.8 Å². The van der Waals surface area contributed by atoms with Crippen LogP contribution in [0.2, 0.25) is 0 Å². The molecule has 1 aromatic heterocycles. The van der Waals surface area contributed by atoms with E-state index in [0.717, 1.165) is 25.7 Å². The monoisotopic (exact) mass is 361 g/mol. The predicted octanol–water partition coefficient (Wildman–Crippen LogP) is 3.47. The summed E-state index contributed by atoms with van der Waals surface area (Å²) in [4.78, 5) is 19.0. The van der Waals surface area contributed by atoms with E-state index in [0.29, 0.717) is 38.0 Å². The number of amides is 2. The van der Waals surface area contributed by atoms with Gasteiger partial charge in [0, 0.05) is 38.8 Å². The third-order valence-electron chi connectivity index (χ3n) is 5.17. The van der Waals surface area contributed by atoms with Crippen molar-refractivity contribution in [2.24, 2.45) is 5.92 Å². The fraction of sp³-hybridized carbons (Fsp3) is 0.700. The van der Waals surface area contributed by atoms with E-state index in [2.05, 4.69) is 24.1 Å². The molecule has 26 heavy (non-hydrogen) atoms. The van der Waals surface area contributed by atoms with Crippen LogP contribution in [0.25, 0.3) is 0 Å². The van der Waals surface area contributed by atoms with Gasteiger partial charge in [-0.15, -0.1) is 0 Å². The molecule has 1 spiro atoms. The summed E-state index contributed by atoms with van der Waals surface area (Å²) in [5, 5.41) is 2.94. The molecule has 6 heteroatoms. The first kappa shape index (κ1) is 19.1. The molecule has 6 nitrogen and oxygen atoms in total. The number of morpholine rings is 1. The summed E-state index contributed by atoms with van der Waals surface area (Å²) in [6, 6.07) is 3.84. The van der Waals surface area contributed by atoms with E-state index in [1.54, 1.807) is 0 Å². The third kappa shape index (κ3) is 4.95. The summed E-state index contributed by atoms with van der Waals surface area (Å²) in [6.45, 7) is 9.06. The van der Waals surface area contributed by atoms with Crippen molar-refractivity contribution in [1.29, 1.82) is 0 Å². The lowest BCUT2D eigenvalue weighted by Gasteiger charge is -2.47. The molecule has 2 fully saturated rings. The van der Waals surface area contributed by atoms with Crippen molar-refractivity contribution in [1.82, 2.24) is 9.88 Å². The number of carbonyl (C=O) groups is 1. The van der Waals surface area contributed by atoms with Gasteiger partial charge in [-0.25, -0.2) is 9.78 Å². The molecule has 2 saturated heterocycles. The zero-order valence-electron chi connectivity index (χ0n) is 16.2. The Hall–Kier alpha value is -1.66. The molecule has 1 unspecified atom stereocenters. The number of pyridine rings is 1. The van der Waals surface area contributed by atoms with Crippen LogP contribution in [0.1, 0.15) is 45.6 Å². The fourth-order valence-corrected chi connectivity index (χ4v) is 3.69. The smallest absolute Gasteiger partial charge is 0.323 e. The van der Waals surface area contributed by atoms with Crippen LogP contribution in [0.4, 0.5) is 10.6 Å². The molecule has 0 aromatic carbocycles. The minimum absolute atomic E-state index is 0.0268. The van der Waals surface area contributed by atoms with Gasteiger partial charge in [0.15, 0.2) is 0 Å². The number of rotatable bonds is 4. The van der Waals surface area contributed by atoms with Gasteiger partial charge in [0.05, 0.1) is 18.2 Å². The number of anilines is 1. The lowest BCUT2D eigenvalue weighted by molar-refractivity contribution is -0.174. The molecule has 0 aliphatic carbocycles. The number of aryl methyl sites for hydroxylation is 1. The van der Waals surface area contributed by atoms with Crippen LogP contribution >= 0.6 is 0 Å². The molecule has 1 aromatic rings. The van der Waals surface area contributed by atoms with Crippen LogP contribution in [0.3, 0.4) is 0 Å². The van der Waals surface area contributed by atoms with Crippen LogP contribution in [-0.2, 0) is 15.9 Å². The first-order valence-corrected chi connectivity index (χ1v) is 9.72. The second-order valence-electron chi connectivity index (χ2n) is 8.02. The molecule has 0 radical (unpaired) electrons. The van der Waals surface area contributed by atoms with Crippen LogP contribution in [0.5, 0.6) is 0 Å². The molecule has 2 aliphatic rings. The molecule has 3 rings (SSSR count). The summed E-state index contributed by atoms with van der Waals surface area (Å²) >= 11 is 0. The van der Waals surface area contributed by atoms with Gasteiger partial charge in [0.1, 0.15) is 5.82 Å². The number of ether oxygens (including phenoxy) is 2. The Labute approximate surface area is 156 Å². The Balaban J connectivity index is 1.58. The number of aromatic nitrogens is 1. The van der Waals surface area contributed by atoms with Gasteiger partial charge in [0.2, 0.25) is 0 Å². The molecule has 2 amide bonds. The van der Waals surface area contributed by atoms with E-state index in [4.69, 9.17) is 9.47 Å². The average Bonchev–Trinajstić information content (AvgIpc) is 2.61. The topological polar surface area (TPSA) is 63.7 Å². The van der Waals surface area contributed by atoms with E-state index in [9.17, 15) is 4.79 Å². The van der Waals surface area contributed by atoms with Crippen molar-refractivity contribution in [3.63, 3.8) is 0 Å². The van der Waals surface area contributed by atoms with E-state index in [1.165, 1.54) is 5.56 Å².